The van der Waals surface area contributed by atoms with Gasteiger partial charge < -0.3 is 10.1 Å². The molecule has 3 heteroatoms. The summed E-state index contributed by atoms with van der Waals surface area (Å²) in [6.45, 7) is 4.45. The Morgan fingerprint density at radius 3 is 2.41 bits per heavy atom. The molecular formula is C14H23NOS. The number of hydrogen-bond acceptors (Lipinski definition) is 3. The fourth-order valence-electron chi connectivity index (χ4n) is 1.93. The number of methoxy groups -OCH3 is 1. The zero-order valence-electron chi connectivity index (χ0n) is 11.2. The second-order valence-corrected chi connectivity index (χ2v) is 5.17. The van der Waals surface area contributed by atoms with Crippen molar-refractivity contribution >= 4 is 11.8 Å². The lowest BCUT2D eigenvalue weighted by Crippen LogP contribution is -2.32. The Balaban J connectivity index is 2.65. The fraction of sp³-hybridized carbons (Fsp3) is 0.571. The van der Waals surface area contributed by atoms with Gasteiger partial charge in [-0.15, -0.1) is 0 Å². The first-order valence-electron chi connectivity index (χ1n) is 6.10. The van der Waals surface area contributed by atoms with Gasteiger partial charge in [0.25, 0.3) is 0 Å². The lowest BCUT2D eigenvalue weighted by atomic mass is 10.0. The van der Waals surface area contributed by atoms with E-state index in [0.29, 0.717) is 12.1 Å². The summed E-state index contributed by atoms with van der Waals surface area (Å²) in [5, 5.41) is 3.66. The van der Waals surface area contributed by atoms with Crippen molar-refractivity contribution in [1.29, 1.82) is 0 Å². The molecule has 0 fully saturated rings. The molecule has 2 atom stereocenters. The molecule has 0 aliphatic carbocycles. The third kappa shape index (κ3) is 4.60. The monoisotopic (exact) mass is 253 g/mol. The molecule has 96 valence electrons. The van der Waals surface area contributed by atoms with Gasteiger partial charge in [0.15, 0.2) is 0 Å². The normalized spacial score (nSPS) is 14.4. The molecule has 1 rings (SSSR count). The lowest BCUT2D eigenvalue weighted by molar-refractivity contribution is 0.413. The van der Waals surface area contributed by atoms with Gasteiger partial charge in [-0.3, -0.25) is 0 Å². The molecule has 0 heterocycles. The van der Waals surface area contributed by atoms with Crippen LogP contribution in [0.1, 0.15) is 31.9 Å². The molecule has 0 amide bonds. The summed E-state index contributed by atoms with van der Waals surface area (Å²) < 4.78 is 5.18. The molecule has 0 aliphatic heterocycles. The zero-order valence-corrected chi connectivity index (χ0v) is 12.0. The van der Waals surface area contributed by atoms with Crippen LogP contribution >= 0.6 is 11.8 Å². The van der Waals surface area contributed by atoms with Crippen LogP contribution in [0.15, 0.2) is 24.3 Å². The molecule has 0 radical (unpaired) electrons. The first-order valence-corrected chi connectivity index (χ1v) is 7.49. The lowest BCUT2D eigenvalue weighted by Gasteiger charge is -2.22. The highest BCUT2D eigenvalue weighted by Gasteiger charge is 2.11. The molecule has 2 nitrogen and oxygen atoms in total. The largest absolute Gasteiger partial charge is 0.497 e. The highest BCUT2D eigenvalue weighted by atomic mass is 32.2. The Morgan fingerprint density at radius 1 is 1.29 bits per heavy atom. The first kappa shape index (κ1) is 14.4. The van der Waals surface area contributed by atoms with Crippen molar-refractivity contribution in [1.82, 2.24) is 5.32 Å². The van der Waals surface area contributed by atoms with Crippen LogP contribution in [-0.4, -0.2) is 25.2 Å². The van der Waals surface area contributed by atoms with Crippen molar-refractivity contribution in [2.75, 3.05) is 19.1 Å². The van der Waals surface area contributed by atoms with E-state index >= 15 is 0 Å². The van der Waals surface area contributed by atoms with Gasteiger partial charge in [0.2, 0.25) is 0 Å². The van der Waals surface area contributed by atoms with Gasteiger partial charge >= 0.3 is 0 Å². The van der Waals surface area contributed by atoms with Crippen molar-refractivity contribution < 1.29 is 4.74 Å². The molecule has 0 saturated carbocycles. The van der Waals surface area contributed by atoms with Gasteiger partial charge in [-0.05, 0) is 37.3 Å². The molecule has 17 heavy (non-hydrogen) atoms. The van der Waals surface area contributed by atoms with Crippen molar-refractivity contribution in [3.8, 4) is 5.75 Å². The van der Waals surface area contributed by atoms with E-state index in [1.54, 1.807) is 7.11 Å². The van der Waals surface area contributed by atoms with Crippen molar-refractivity contribution in [3.05, 3.63) is 29.8 Å². The molecule has 0 aliphatic rings. The molecule has 0 bridgehead atoms. The number of rotatable bonds is 7. The first-order chi connectivity index (χ1) is 8.21. The van der Waals surface area contributed by atoms with E-state index in [1.807, 2.05) is 23.9 Å². The summed E-state index contributed by atoms with van der Waals surface area (Å²) in [7, 11) is 1.70. The predicted octanol–water partition coefficient (Wildman–Crippen LogP) is 3.49. The molecule has 0 aromatic heterocycles. The topological polar surface area (TPSA) is 21.3 Å². The van der Waals surface area contributed by atoms with Crippen LogP contribution in [0, 0.1) is 0 Å². The Morgan fingerprint density at radius 2 is 1.94 bits per heavy atom. The maximum atomic E-state index is 5.18. The summed E-state index contributed by atoms with van der Waals surface area (Å²) >= 11 is 1.88. The average Bonchev–Trinajstić information content (AvgIpc) is 2.36. The van der Waals surface area contributed by atoms with Gasteiger partial charge in [0, 0.05) is 17.8 Å². The van der Waals surface area contributed by atoms with Gasteiger partial charge in [-0.25, -0.2) is 0 Å². The van der Waals surface area contributed by atoms with Gasteiger partial charge in [-0.1, -0.05) is 19.1 Å². The van der Waals surface area contributed by atoms with Crippen LogP contribution in [-0.2, 0) is 0 Å². The van der Waals surface area contributed by atoms with Crippen LogP contribution in [0.5, 0.6) is 5.75 Å². The van der Waals surface area contributed by atoms with E-state index in [9.17, 15) is 0 Å². The number of benzene rings is 1. The standard InChI is InChI=1S/C14H23NOS/c1-5-14(15-11(2)10-17-4)12-6-8-13(16-3)9-7-12/h6-9,11,14-15H,5,10H2,1-4H3. The summed E-state index contributed by atoms with van der Waals surface area (Å²) in [6.07, 6.45) is 3.25. The third-order valence-corrected chi connectivity index (χ3v) is 3.66. The number of ether oxygens (including phenoxy) is 1. The van der Waals surface area contributed by atoms with Crippen LogP contribution in [0.2, 0.25) is 0 Å². The van der Waals surface area contributed by atoms with Crippen LogP contribution in [0.3, 0.4) is 0 Å². The number of hydrogen-bond donors (Lipinski definition) is 1. The Kier molecular flexibility index (Phi) is 6.45. The summed E-state index contributed by atoms with van der Waals surface area (Å²) in [5.41, 5.74) is 1.33. The summed E-state index contributed by atoms with van der Waals surface area (Å²) in [5.74, 6) is 2.06. The molecule has 1 N–H and O–H groups in total. The van der Waals surface area contributed by atoms with Gasteiger partial charge in [0.05, 0.1) is 7.11 Å². The Labute approximate surface area is 109 Å². The molecule has 2 unspecified atom stereocenters. The molecule has 1 aromatic rings. The minimum atomic E-state index is 0.433. The Hall–Kier alpha value is -0.670. The van der Waals surface area contributed by atoms with E-state index < -0.39 is 0 Å². The van der Waals surface area contributed by atoms with Crippen LogP contribution in [0.25, 0.3) is 0 Å². The smallest absolute Gasteiger partial charge is 0.118 e. The molecular weight excluding hydrogens is 230 g/mol. The van der Waals surface area contributed by atoms with Gasteiger partial charge in [-0.2, -0.15) is 11.8 Å². The average molecular weight is 253 g/mol. The number of nitrogens with one attached hydrogen (secondary N) is 1. The van der Waals surface area contributed by atoms with Crippen LogP contribution in [0.4, 0.5) is 0 Å². The quantitative estimate of drug-likeness (QED) is 0.804. The maximum absolute atomic E-state index is 5.18. The molecule has 0 saturated heterocycles. The summed E-state index contributed by atoms with van der Waals surface area (Å²) in [6, 6.07) is 9.32. The van der Waals surface area contributed by atoms with E-state index in [1.165, 1.54) is 5.56 Å². The maximum Gasteiger partial charge on any atom is 0.118 e. The third-order valence-electron chi connectivity index (χ3n) is 2.83. The zero-order chi connectivity index (χ0) is 12.7. The van der Waals surface area contributed by atoms with E-state index in [0.717, 1.165) is 17.9 Å². The summed E-state index contributed by atoms with van der Waals surface area (Å²) in [4.78, 5) is 0. The van der Waals surface area contributed by atoms with E-state index in [-0.39, 0.29) is 0 Å². The predicted molar refractivity (Wildman–Crippen MR) is 77.0 cm³/mol. The Bertz CT molecular complexity index is 313. The minimum absolute atomic E-state index is 0.433. The van der Waals surface area contributed by atoms with Crippen molar-refractivity contribution in [3.63, 3.8) is 0 Å². The molecule has 1 aromatic carbocycles. The van der Waals surface area contributed by atoms with Gasteiger partial charge in [0.1, 0.15) is 5.75 Å². The van der Waals surface area contributed by atoms with Crippen molar-refractivity contribution in [2.45, 2.75) is 32.4 Å². The highest BCUT2D eigenvalue weighted by Crippen LogP contribution is 2.20. The van der Waals surface area contributed by atoms with Crippen molar-refractivity contribution in [2.24, 2.45) is 0 Å². The van der Waals surface area contributed by atoms with Crippen LogP contribution < -0.4 is 10.1 Å². The SMILES string of the molecule is CCC(NC(C)CSC)c1ccc(OC)cc1. The fourth-order valence-corrected chi connectivity index (χ4v) is 2.52. The van der Waals surface area contributed by atoms with E-state index in [2.05, 4.69) is 37.6 Å². The molecule has 0 spiro atoms. The van der Waals surface area contributed by atoms with E-state index in [4.69, 9.17) is 4.74 Å². The second kappa shape index (κ2) is 7.62. The highest BCUT2D eigenvalue weighted by molar-refractivity contribution is 7.98. The second-order valence-electron chi connectivity index (χ2n) is 4.26. The minimum Gasteiger partial charge on any atom is -0.497 e. The number of thioether (sulfide) groups is 1.